The van der Waals surface area contributed by atoms with Crippen LogP contribution in [0.3, 0.4) is 0 Å². The van der Waals surface area contributed by atoms with Gasteiger partial charge in [0.15, 0.2) is 0 Å². The minimum Gasteiger partial charge on any atom is -0.342 e. The van der Waals surface area contributed by atoms with E-state index in [4.69, 9.17) is 0 Å². The molecule has 0 radical (unpaired) electrons. The average molecular weight is 254 g/mol. The van der Waals surface area contributed by atoms with E-state index in [-0.39, 0.29) is 0 Å². The van der Waals surface area contributed by atoms with Crippen LogP contribution >= 0.6 is 0 Å². The molecule has 1 aliphatic heterocycles. The molecule has 1 unspecified atom stereocenters. The van der Waals surface area contributed by atoms with Crippen molar-refractivity contribution in [3.8, 4) is 0 Å². The zero-order valence-corrected chi connectivity index (χ0v) is 12.5. The monoisotopic (exact) mass is 254 g/mol. The van der Waals surface area contributed by atoms with Crippen molar-refractivity contribution < 1.29 is 4.79 Å². The predicted molar refractivity (Wildman–Crippen MR) is 76.7 cm³/mol. The Morgan fingerprint density at radius 3 is 2.39 bits per heavy atom. The molecule has 0 aromatic carbocycles. The van der Waals surface area contributed by atoms with Crippen LogP contribution in [0.2, 0.25) is 0 Å². The lowest BCUT2D eigenvalue weighted by atomic mass is 10.00. The molecule has 1 atom stereocenters. The van der Waals surface area contributed by atoms with Crippen LogP contribution in [-0.4, -0.2) is 47.9 Å². The third kappa shape index (κ3) is 4.60. The van der Waals surface area contributed by atoms with Gasteiger partial charge in [-0.1, -0.05) is 27.2 Å². The Labute approximate surface area is 113 Å². The minimum absolute atomic E-state index is 0.332. The lowest BCUT2D eigenvalue weighted by Crippen LogP contribution is -2.47. The maximum absolute atomic E-state index is 12.3. The Bertz CT molecular complexity index is 237. The summed E-state index contributed by atoms with van der Waals surface area (Å²) in [7, 11) is 0. The van der Waals surface area contributed by atoms with Gasteiger partial charge in [-0.3, -0.25) is 9.69 Å². The molecule has 1 amide bonds. The number of amides is 1. The van der Waals surface area contributed by atoms with Crippen LogP contribution in [0.25, 0.3) is 0 Å². The Morgan fingerprint density at radius 2 is 1.83 bits per heavy atom. The molecule has 3 nitrogen and oxygen atoms in total. The second-order valence-electron chi connectivity index (χ2n) is 5.41. The summed E-state index contributed by atoms with van der Waals surface area (Å²) in [4.78, 5) is 16.8. The fraction of sp³-hybridized carbons (Fsp3) is 0.933. The van der Waals surface area contributed by atoms with Crippen LogP contribution in [0.5, 0.6) is 0 Å². The first-order chi connectivity index (χ1) is 8.72. The lowest BCUT2D eigenvalue weighted by Gasteiger charge is -2.36. The highest BCUT2D eigenvalue weighted by Gasteiger charge is 2.24. The quantitative estimate of drug-likeness (QED) is 0.697. The third-order valence-electron chi connectivity index (χ3n) is 3.90. The number of rotatable bonds is 7. The molecule has 0 aliphatic carbocycles. The van der Waals surface area contributed by atoms with Crippen molar-refractivity contribution in [3.05, 3.63) is 0 Å². The normalized spacial score (nSPS) is 20.9. The summed E-state index contributed by atoms with van der Waals surface area (Å²) in [5.41, 5.74) is 0. The van der Waals surface area contributed by atoms with E-state index in [2.05, 4.69) is 25.7 Å². The first kappa shape index (κ1) is 15.5. The summed E-state index contributed by atoms with van der Waals surface area (Å²) < 4.78 is 0. The highest BCUT2D eigenvalue weighted by atomic mass is 16.2. The number of likely N-dealkylation sites (tertiary alicyclic amines) is 1. The van der Waals surface area contributed by atoms with Crippen molar-refractivity contribution in [1.29, 1.82) is 0 Å². The van der Waals surface area contributed by atoms with Gasteiger partial charge in [0.1, 0.15) is 0 Å². The smallest absolute Gasteiger partial charge is 0.236 e. The molecule has 1 fully saturated rings. The van der Waals surface area contributed by atoms with E-state index in [0.29, 0.717) is 18.5 Å². The van der Waals surface area contributed by atoms with Gasteiger partial charge in [-0.05, 0) is 38.6 Å². The molecule has 1 aliphatic rings. The van der Waals surface area contributed by atoms with E-state index < -0.39 is 0 Å². The zero-order valence-electron chi connectivity index (χ0n) is 12.5. The van der Waals surface area contributed by atoms with Gasteiger partial charge in [-0.15, -0.1) is 0 Å². The molecule has 0 aromatic rings. The second-order valence-corrected chi connectivity index (χ2v) is 5.41. The summed E-state index contributed by atoms with van der Waals surface area (Å²) in [5.74, 6) is 0.332. The number of carbonyl (C=O) groups excluding carboxylic acids is 1. The Balaban J connectivity index is 2.49. The summed E-state index contributed by atoms with van der Waals surface area (Å²) >= 11 is 0. The zero-order chi connectivity index (χ0) is 13.4. The molecule has 0 bridgehead atoms. The van der Waals surface area contributed by atoms with Crippen molar-refractivity contribution >= 4 is 5.91 Å². The minimum atomic E-state index is 0.332. The van der Waals surface area contributed by atoms with Crippen molar-refractivity contribution in [1.82, 2.24) is 9.80 Å². The van der Waals surface area contributed by atoms with Crippen molar-refractivity contribution in [2.24, 2.45) is 0 Å². The van der Waals surface area contributed by atoms with Crippen molar-refractivity contribution in [2.45, 2.75) is 65.3 Å². The molecule has 3 heteroatoms. The number of nitrogens with zero attached hydrogens (tertiary/aromatic N) is 2. The Morgan fingerprint density at radius 1 is 1.17 bits per heavy atom. The largest absolute Gasteiger partial charge is 0.342 e. The summed E-state index contributed by atoms with van der Waals surface area (Å²) in [6.45, 7) is 10.1. The molecule has 0 N–H and O–H groups in total. The van der Waals surface area contributed by atoms with Crippen molar-refractivity contribution in [3.63, 3.8) is 0 Å². The molecule has 0 spiro atoms. The maximum Gasteiger partial charge on any atom is 0.236 e. The number of hydrogen-bond donors (Lipinski definition) is 0. The van der Waals surface area contributed by atoms with Gasteiger partial charge < -0.3 is 4.90 Å². The second kappa shape index (κ2) is 8.52. The Kier molecular flexibility index (Phi) is 7.33. The topological polar surface area (TPSA) is 23.6 Å². The molecule has 0 aromatic heterocycles. The van der Waals surface area contributed by atoms with E-state index in [1.165, 1.54) is 25.7 Å². The van der Waals surface area contributed by atoms with Gasteiger partial charge in [-0.2, -0.15) is 0 Å². The number of piperidine rings is 1. The van der Waals surface area contributed by atoms with Crippen LogP contribution in [0, 0.1) is 0 Å². The van der Waals surface area contributed by atoms with Gasteiger partial charge in [0, 0.05) is 19.1 Å². The van der Waals surface area contributed by atoms with Crippen LogP contribution in [0.15, 0.2) is 0 Å². The highest BCUT2D eigenvalue weighted by Crippen LogP contribution is 2.19. The van der Waals surface area contributed by atoms with Crippen molar-refractivity contribution in [2.75, 3.05) is 26.2 Å². The first-order valence-corrected chi connectivity index (χ1v) is 7.74. The number of carbonyl (C=O) groups is 1. The summed E-state index contributed by atoms with van der Waals surface area (Å²) in [6.07, 6.45) is 7.15. The summed E-state index contributed by atoms with van der Waals surface area (Å²) in [6, 6.07) is 0.632. The molecule has 1 rings (SSSR count). The predicted octanol–water partition coefficient (Wildman–Crippen LogP) is 2.90. The Hall–Kier alpha value is -0.570. The average Bonchev–Trinajstić information content (AvgIpc) is 2.39. The van der Waals surface area contributed by atoms with Crippen LogP contribution in [0.1, 0.15) is 59.3 Å². The third-order valence-corrected chi connectivity index (χ3v) is 3.90. The SMILES string of the molecule is CCCN(CCC)C(=O)CN1CCCCC1CC. The van der Waals surface area contributed by atoms with Crippen LogP contribution in [0.4, 0.5) is 0 Å². The lowest BCUT2D eigenvalue weighted by molar-refractivity contribution is -0.133. The molecular weight excluding hydrogens is 224 g/mol. The van der Waals surface area contributed by atoms with Gasteiger partial charge in [0.05, 0.1) is 6.54 Å². The van der Waals surface area contributed by atoms with E-state index in [1.807, 2.05) is 4.90 Å². The summed E-state index contributed by atoms with van der Waals surface area (Å²) in [5, 5.41) is 0. The van der Waals surface area contributed by atoms with E-state index in [0.717, 1.165) is 32.5 Å². The van der Waals surface area contributed by atoms with Gasteiger partial charge in [0.25, 0.3) is 0 Å². The maximum atomic E-state index is 12.3. The van der Waals surface area contributed by atoms with Crippen LogP contribution in [-0.2, 0) is 4.79 Å². The fourth-order valence-corrected chi connectivity index (χ4v) is 2.91. The van der Waals surface area contributed by atoms with Gasteiger partial charge in [-0.25, -0.2) is 0 Å². The molecule has 1 saturated heterocycles. The molecular formula is C15H30N2O. The highest BCUT2D eigenvalue weighted by molar-refractivity contribution is 5.78. The van der Waals surface area contributed by atoms with Crippen LogP contribution < -0.4 is 0 Å². The molecule has 106 valence electrons. The van der Waals surface area contributed by atoms with E-state index >= 15 is 0 Å². The molecule has 0 saturated carbocycles. The molecule has 18 heavy (non-hydrogen) atoms. The first-order valence-electron chi connectivity index (χ1n) is 7.74. The van der Waals surface area contributed by atoms with E-state index in [1.54, 1.807) is 0 Å². The van der Waals surface area contributed by atoms with Gasteiger partial charge in [0.2, 0.25) is 5.91 Å². The number of hydrogen-bond acceptors (Lipinski definition) is 2. The standard InChI is InChI=1S/C15H30N2O/c1-4-10-16(11-5-2)15(18)13-17-12-8-7-9-14(17)6-3/h14H,4-13H2,1-3H3. The fourth-order valence-electron chi connectivity index (χ4n) is 2.91. The molecule has 1 heterocycles. The van der Waals surface area contributed by atoms with Gasteiger partial charge >= 0.3 is 0 Å². The van der Waals surface area contributed by atoms with E-state index in [9.17, 15) is 4.79 Å².